The fourth-order valence-electron chi connectivity index (χ4n) is 3.40. The van der Waals surface area contributed by atoms with Crippen molar-refractivity contribution < 1.29 is 5.11 Å². The van der Waals surface area contributed by atoms with Crippen molar-refractivity contribution in [1.82, 2.24) is 4.98 Å². The topological polar surface area (TPSA) is 33.1 Å². The number of aromatic nitrogens is 1. The molecule has 0 aromatic carbocycles. The SMILES string of the molecule is Cc1nc(CC(C)(C)C2CCC(C)CC2O)sc1C. The highest BCUT2D eigenvalue weighted by Crippen LogP contribution is 2.42. The lowest BCUT2D eigenvalue weighted by Gasteiger charge is -2.41. The molecule has 2 nitrogen and oxygen atoms in total. The van der Waals surface area contributed by atoms with Crippen molar-refractivity contribution in [2.24, 2.45) is 17.3 Å². The van der Waals surface area contributed by atoms with Gasteiger partial charge in [0.25, 0.3) is 0 Å². The highest BCUT2D eigenvalue weighted by molar-refractivity contribution is 7.11. The van der Waals surface area contributed by atoms with Crippen LogP contribution in [-0.4, -0.2) is 16.2 Å². The summed E-state index contributed by atoms with van der Waals surface area (Å²) in [5, 5.41) is 11.6. The van der Waals surface area contributed by atoms with Gasteiger partial charge in [0.05, 0.1) is 16.8 Å². The summed E-state index contributed by atoms with van der Waals surface area (Å²) in [6.45, 7) is 11.1. The van der Waals surface area contributed by atoms with Crippen molar-refractivity contribution in [1.29, 1.82) is 0 Å². The molecule has 0 bridgehead atoms. The minimum Gasteiger partial charge on any atom is -0.393 e. The second-order valence-electron chi connectivity index (χ2n) is 7.01. The molecule has 1 aliphatic carbocycles. The van der Waals surface area contributed by atoms with Crippen LogP contribution in [0.5, 0.6) is 0 Å². The number of hydrogen-bond acceptors (Lipinski definition) is 3. The van der Waals surface area contributed by atoms with Crippen molar-refractivity contribution in [3.63, 3.8) is 0 Å². The van der Waals surface area contributed by atoms with Crippen molar-refractivity contribution in [2.45, 2.75) is 66.4 Å². The molecule has 3 atom stereocenters. The standard InChI is InChI=1S/C16H27NOS/c1-10-6-7-13(14(18)8-10)16(4,5)9-15-17-11(2)12(3)19-15/h10,13-14,18H,6-9H2,1-5H3. The highest BCUT2D eigenvalue weighted by atomic mass is 32.1. The van der Waals surface area contributed by atoms with Crippen molar-refractivity contribution in [3.8, 4) is 0 Å². The minimum absolute atomic E-state index is 0.135. The Labute approximate surface area is 121 Å². The van der Waals surface area contributed by atoms with Gasteiger partial charge in [0.2, 0.25) is 0 Å². The van der Waals surface area contributed by atoms with Gasteiger partial charge in [0.15, 0.2) is 0 Å². The molecule has 1 fully saturated rings. The molecular weight excluding hydrogens is 254 g/mol. The van der Waals surface area contributed by atoms with Crippen LogP contribution in [-0.2, 0) is 6.42 Å². The van der Waals surface area contributed by atoms with Crippen LogP contribution in [0.4, 0.5) is 0 Å². The van der Waals surface area contributed by atoms with Crippen molar-refractivity contribution in [3.05, 3.63) is 15.6 Å². The number of hydrogen-bond donors (Lipinski definition) is 1. The first kappa shape index (κ1) is 15.0. The summed E-state index contributed by atoms with van der Waals surface area (Å²) in [5.74, 6) is 1.08. The number of aryl methyl sites for hydroxylation is 2. The maximum atomic E-state index is 10.4. The van der Waals surface area contributed by atoms with Crippen LogP contribution in [0.15, 0.2) is 0 Å². The lowest BCUT2D eigenvalue weighted by molar-refractivity contribution is -0.0125. The number of nitrogens with zero attached hydrogens (tertiary/aromatic N) is 1. The van der Waals surface area contributed by atoms with Gasteiger partial charge >= 0.3 is 0 Å². The molecule has 0 radical (unpaired) electrons. The van der Waals surface area contributed by atoms with E-state index in [9.17, 15) is 5.11 Å². The van der Waals surface area contributed by atoms with Gasteiger partial charge < -0.3 is 5.11 Å². The van der Waals surface area contributed by atoms with E-state index in [4.69, 9.17) is 0 Å². The molecule has 0 amide bonds. The lowest BCUT2D eigenvalue weighted by atomic mass is 9.66. The molecule has 1 N–H and O–H groups in total. The molecule has 0 aliphatic heterocycles. The van der Waals surface area contributed by atoms with E-state index in [2.05, 4.69) is 39.6 Å². The van der Waals surface area contributed by atoms with Crippen molar-refractivity contribution >= 4 is 11.3 Å². The van der Waals surface area contributed by atoms with Crippen LogP contribution in [0.25, 0.3) is 0 Å². The van der Waals surface area contributed by atoms with E-state index >= 15 is 0 Å². The van der Waals surface area contributed by atoms with Crippen LogP contribution < -0.4 is 0 Å². The summed E-state index contributed by atoms with van der Waals surface area (Å²) in [4.78, 5) is 5.99. The summed E-state index contributed by atoms with van der Waals surface area (Å²) < 4.78 is 0. The van der Waals surface area contributed by atoms with Crippen LogP contribution in [0, 0.1) is 31.1 Å². The van der Waals surface area contributed by atoms with Gasteiger partial charge in [-0.2, -0.15) is 0 Å². The third-order valence-corrected chi connectivity index (χ3v) is 5.84. The van der Waals surface area contributed by atoms with Crippen LogP contribution >= 0.6 is 11.3 Å². The van der Waals surface area contributed by atoms with E-state index in [1.165, 1.54) is 16.3 Å². The van der Waals surface area contributed by atoms with E-state index in [0.717, 1.165) is 25.0 Å². The van der Waals surface area contributed by atoms with E-state index in [1.807, 2.05) is 11.3 Å². The van der Waals surface area contributed by atoms with Crippen LogP contribution in [0.2, 0.25) is 0 Å². The zero-order chi connectivity index (χ0) is 14.2. The molecule has 1 saturated carbocycles. The van der Waals surface area contributed by atoms with Crippen molar-refractivity contribution in [2.75, 3.05) is 0 Å². The summed E-state index contributed by atoms with van der Waals surface area (Å²) in [5.41, 5.74) is 1.30. The zero-order valence-electron chi connectivity index (χ0n) is 12.9. The third kappa shape index (κ3) is 3.38. The molecule has 2 rings (SSSR count). The number of aliphatic hydroxyl groups excluding tert-OH is 1. The summed E-state index contributed by atoms with van der Waals surface area (Å²) in [7, 11) is 0. The predicted molar refractivity (Wildman–Crippen MR) is 81.6 cm³/mol. The van der Waals surface area contributed by atoms with Gasteiger partial charge in [-0.3, -0.25) is 0 Å². The predicted octanol–water partition coefficient (Wildman–Crippen LogP) is 4.13. The van der Waals surface area contributed by atoms with Gasteiger partial charge in [-0.15, -0.1) is 11.3 Å². The Kier molecular flexibility index (Phi) is 4.36. The number of rotatable bonds is 3. The summed E-state index contributed by atoms with van der Waals surface area (Å²) in [6.07, 6.45) is 4.22. The fraction of sp³-hybridized carbons (Fsp3) is 0.812. The first-order valence-corrected chi connectivity index (χ1v) is 8.22. The molecule has 0 spiro atoms. The van der Waals surface area contributed by atoms with Gasteiger partial charge in [-0.25, -0.2) is 4.98 Å². The quantitative estimate of drug-likeness (QED) is 0.904. The molecule has 1 aromatic rings. The Bertz CT molecular complexity index is 418. The zero-order valence-corrected chi connectivity index (χ0v) is 13.7. The average molecular weight is 281 g/mol. The lowest BCUT2D eigenvalue weighted by Crippen LogP contribution is -2.39. The minimum atomic E-state index is -0.138. The Hall–Kier alpha value is -0.410. The maximum absolute atomic E-state index is 10.4. The largest absolute Gasteiger partial charge is 0.393 e. The van der Waals surface area contributed by atoms with E-state index in [-0.39, 0.29) is 11.5 Å². The molecular formula is C16H27NOS. The second kappa shape index (κ2) is 5.53. The van der Waals surface area contributed by atoms with Crippen LogP contribution in [0.1, 0.15) is 55.6 Å². The second-order valence-corrected chi connectivity index (χ2v) is 8.29. The smallest absolute Gasteiger partial charge is 0.0936 e. The monoisotopic (exact) mass is 281 g/mol. The first-order chi connectivity index (χ1) is 8.79. The average Bonchev–Trinajstić information content (AvgIpc) is 2.56. The Morgan fingerprint density at radius 3 is 2.53 bits per heavy atom. The Morgan fingerprint density at radius 1 is 1.32 bits per heavy atom. The molecule has 3 unspecified atom stereocenters. The maximum Gasteiger partial charge on any atom is 0.0936 e. The summed E-state index contributed by atoms with van der Waals surface area (Å²) >= 11 is 1.81. The van der Waals surface area contributed by atoms with Gasteiger partial charge in [-0.1, -0.05) is 27.2 Å². The summed E-state index contributed by atoms with van der Waals surface area (Å²) in [6, 6.07) is 0. The van der Waals surface area contributed by atoms with Crippen LogP contribution in [0.3, 0.4) is 0 Å². The molecule has 1 heterocycles. The van der Waals surface area contributed by atoms with E-state index in [1.54, 1.807) is 0 Å². The van der Waals surface area contributed by atoms with Gasteiger partial charge in [-0.05, 0) is 43.9 Å². The third-order valence-electron chi connectivity index (χ3n) is 4.76. The van der Waals surface area contributed by atoms with Gasteiger partial charge in [0.1, 0.15) is 0 Å². The normalized spacial score (nSPS) is 28.6. The number of aliphatic hydroxyl groups is 1. The molecule has 3 heteroatoms. The van der Waals surface area contributed by atoms with E-state index in [0.29, 0.717) is 11.8 Å². The molecule has 108 valence electrons. The number of thiazole rings is 1. The van der Waals surface area contributed by atoms with E-state index < -0.39 is 0 Å². The highest BCUT2D eigenvalue weighted by Gasteiger charge is 2.38. The Balaban J connectivity index is 2.09. The molecule has 0 saturated heterocycles. The first-order valence-electron chi connectivity index (χ1n) is 7.40. The fourth-order valence-corrected chi connectivity index (χ4v) is 4.57. The molecule has 1 aromatic heterocycles. The Morgan fingerprint density at radius 2 is 2.00 bits per heavy atom. The van der Waals surface area contributed by atoms with Gasteiger partial charge in [0, 0.05) is 11.3 Å². The molecule has 19 heavy (non-hydrogen) atoms. The molecule has 1 aliphatic rings.